The van der Waals surface area contributed by atoms with Crippen molar-refractivity contribution < 1.29 is 0 Å². The van der Waals surface area contributed by atoms with Crippen molar-refractivity contribution in [3.63, 3.8) is 0 Å². The number of hydrogen-bond donors (Lipinski definition) is 0. The maximum atomic E-state index is 2.85. The third kappa shape index (κ3) is 36.1. The molecule has 0 aromatic heterocycles. The predicted octanol–water partition coefficient (Wildman–Crippen LogP) is 14.3. The van der Waals surface area contributed by atoms with Gasteiger partial charge in [0.15, 0.2) is 0 Å². The Morgan fingerprint density at radius 1 is 0.293 bits per heavy atom. The highest BCUT2D eigenvalue weighted by atomic mass is 15.1. The van der Waals surface area contributed by atoms with E-state index in [1.54, 1.807) is 0 Å². The van der Waals surface area contributed by atoms with Crippen molar-refractivity contribution in [1.82, 2.24) is 4.90 Å². The smallest absolute Gasteiger partial charge is 0.00187 e. The fourth-order valence-corrected chi connectivity index (χ4v) is 6.41. The van der Waals surface area contributed by atoms with Crippen molar-refractivity contribution >= 4 is 0 Å². The van der Waals surface area contributed by atoms with Crippen LogP contribution < -0.4 is 0 Å². The molecule has 0 spiro atoms. The molecule has 0 radical (unpaired) electrons. The molecule has 0 saturated carbocycles. The summed E-state index contributed by atoms with van der Waals surface area (Å²) >= 11 is 0. The first-order valence-corrected chi connectivity index (χ1v) is 19.8. The van der Waals surface area contributed by atoms with E-state index in [9.17, 15) is 0 Å². The van der Waals surface area contributed by atoms with Crippen LogP contribution in [-0.4, -0.2) is 24.5 Å². The first-order valence-electron chi connectivity index (χ1n) is 19.8. The summed E-state index contributed by atoms with van der Waals surface area (Å²) in [4.78, 5) is 2.85. The molecule has 248 valence electrons. The van der Waals surface area contributed by atoms with Gasteiger partial charge in [-0.05, 0) is 50.7 Å². The quantitative estimate of drug-likeness (QED) is 0.0677. The van der Waals surface area contributed by atoms with E-state index in [1.807, 2.05) is 0 Å². The van der Waals surface area contributed by atoms with Gasteiger partial charge >= 0.3 is 0 Å². The van der Waals surface area contributed by atoms with Crippen LogP contribution >= 0.6 is 0 Å². The van der Waals surface area contributed by atoms with Gasteiger partial charge in [-0.1, -0.05) is 208 Å². The van der Waals surface area contributed by atoms with Crippen LogP contribution in [0.1, 0.15) is 227 Å². The Morgan fingerprint density at radius 2 is 0.512 bits per heavy atom. The Balaban J connectivity index is 3.89. The third-order valence-corrected chi connectivity index (χ3v) is 9.34. The van der Waals surface area contributed by atoms with Crippen molar-refractivity contribution in [2.24, 2.45) is 11.8 Å². The van der Waals surface area contributed by atoms with Crippen LogP contribution in [0.4, 0.5) is 0 Å². The molecule has 0 aliphatic carbocycles. The molecule has 41 heavy (non-hydrogen) atoms. The second-order valence-electron chi connectivity index (χ2n) is 14.8. The van der Waals surface area contributed by atoms with Crippen LogP contribution in [0, 0.1) is 11.8 Å². The standard InChI is InChI=1S/C40H83N/c1-6-7-8-9-10-11-12-13-14-15-16-21-26-31-36-41(37-32-27-22-17-19-24-29-34-39(2)3)38-33-28-23-18-20-25-30-35-40(4)5/h39-40H,6-38H2,1-5H3. The number of nitrogens with zero attached hydrogens (tertiary/aromatic N) is 1. The van der Waals surface area contributed by atoms with Gasteiger partial charge in [-0.25, -0.2) is 0 Å². The van der Waals surface area contributed by atoms with E-state index in [0.717, 1.165) is 11.8 Å². The lowest BCUT2D eigenvalue weighted by molar-refractivity contribution is 0.254. The Bertz CT molecular complexity index is 430. The van der Waals surface area contributed by atoms with Gasteiger partial charge in [-0.3, -0.25) is 0 Å². The topological polar surface area (TPSA) is 3.24 Å². The Hall–Kier alpha value is -0.0400. The lowest BCUT2D eigenvalue weighted by Crippen LogP contribution is -2.27. The SMILES string of the molecule is CCCCCCCCCCCCCCCCN(CCCCCCCCCC(C)C)CCCCCCCCCC(C)C. The fourth-order valence-electron chi connectivity index (χ4n) is 6.41. The van der Waals surface area contributed by atoms with Gasteiger partial charge in [0.1, 0.15) is 0 Å². The van der Waals surface area contributed by atoms with E-state index < -0.39 is 0 Å². The summed E-state index contributed by atoms with van der Waals surface area (Å²) in [5.74, 6) is 1.77. The van der Waals surface area contributed by atoms with E-state index in [0.29, 0.717) is 0 Å². The van der Waals surface area contributed by atoms with Gasteiger partial charge in [0, 0.05) is 0 Å². The van der Waals surface area contributed by atoms with Crippen LogP contribution in [0.5, 0.6) is 0 Å². The van der Waals surface area contributed by atoms with Gasteiger partial charge in [0.25, 0.3) is 0 Å². The zero-order valence-electron chi connectivity index (χ0n) is 29.9. The highest BCUT2D eigenvalue weighted by molar-refractivity contribution is 4.61. The maximum Gasteiger partial charge on any atom is -0.00187 e. The molecule has 1 heteroatoms. The monoisotopic (exact) mass is 578 g/mol. The van der Waals surface area contributed by atoms with Crippen LogP contribution in [-0.2, 0) is 0 Å². The average Bonchev–Trinajstić information content (AvgIpc) is 2.94. The minimum atomic E-state index is 0.885. The largest absolute Gasteiger partial charge is 0.303 e. The molecule has 0 N–H and O–H groups in total. The third-order valence-electron chi connectivity index (χ3n) is 9.34. The predicted molar refractivity (Wildman–Crippen MR) is 190 cm³/mol. The number of hydrogen-bond acceptors (Lipinski definition) is 1. The summed E-state index contributed by atoms with van der Waals surface area (Å²) in [6.07, 6.45) is 43.7. The molecule has 0 aromatic carbocycles. The second-order valence-corrected chi connectivity index (χ2v) is 14.8. The minimum absolute atomic E-state index is 0.885. The molecule has 0 amide bonds. The first kappa shape index (κ1) is 41.0. The Labute approximate surface area is 263 Å². The molecule has 0 heterocycles. The first-order chi connectivity index (χ1) is 20.1. The molecule has 0 rings (SSSR count). The number of unbranched alkanes of at least 4 members (excludes halogenated alkanes) is 25. The zero-order valence-corrected chi connectivity index (χ0v) is 29.9. The highest BCUT2D eigenvalue weighted by Crippen LogP contribution is 2.16. The molecule has 0 bridgehead atoms. The summed E-state index contributed by atoms with van der Waals surface area (Å²) in [6.45, 7) is 15.8. The van der Waals surface area contributed by atoms with Gasteiger partial charge in [-0.15, -0.1) is 0 Å². The lowest BCUT2D eigenvalue weighted by atomic mass is 10.0. The van der Waals surface area contributed by atoms with Crippen molar-refractivity contribution in [3.05, 3.63) is 0 Å². The molecule has 0 atom stereocenters. The number of rotatable bonds is 35. The molecule has 0 saturated heterocycles. The van der Waals surface area contributed by atoms with Crippen LogP contribution in [0.15, 0.2) is 0 Å². The average molecular weight is 578 g/mol. The minimum Gasteiger partial charge on any atom is -0.303 e. The van der Waals surface area contributed by atoms with Crippen LogP contribution in [0.25, 0.3) is 0 Å². The fraction of sp³-hybridized carbons (Fsp3) is 1.00. The summed E-state index contributed by atoms with van der Waals surface area (Å²) in [6, 6.07) is 0. The van der Waals surface area contributed by atoms with Crippen LogP contribution in [0.2, 0.25) is 0 Å². The highest BCUT2D eigenvalue weighted by Gasteiger charge is 2.05. The van der Waals surface area contributed by atoms with Crippen molar-refractivity contribution in [2.75, 3.05) is 19.6 Å². The summed E-state index contributed by atoms with van der Waals surface area (Å²) < 4.78 is 0. The van der Waals surface area contributed by atoms with E-state index in [4.69, 9.17) is 0 Å². The molecular formula is C40H83N. The molecular weight excluding hydrogens is 494 g/mol. The normalized spacial score (nSPS) is 12.0. The molecule has 0 aromatic rings. The Kier molecular flexibility index (Phi) is 34.4. The molecule has 1 nitrogen and oxygen atoms in total. The van der Waals surface area contributed by atoms with Crippen molar-refractivity contribution in [2.45, 2.75) is 227 Å². The van der Waals surface area contributed by atoms with E-state index in [2.05, 4.69) is 39.5 Å². The Morgan fingerprint density at radius 3 is 0.756 bits per heavy atom. The summed E-state index contributed by atoms with van der Waals surface area (Å²) in [5, 5.41) is 0. The van der Waals surface area contributed by atoms with E-state index in [1.165, 1.54) is 212 Å². The molecule has 0 unspecified atom stereocenters. The van der Waals surface area contributed by atoms with Gasteiger partial charge in [0.05, 0.1) is 0 Å². The van der Waals surface area contributed by atoms with Crippen LogP contribution in [0.3, 0.4) is 0 Å². The maximum absolute atomic E-state index is 2.85. The summed E-state index contributed by atoms with van der Waals surface area (Å²) in [7, 11) is 0. The van der Waals surface area contributed by atoms with Gasteiger partial charge in [0.2, 0.25) is 0 Å². The molecule has 0 fully saturated rings. The lowest BCUT2D eigenvalue weighted by Gasteiger charge is -2.22. The van der Waals surface area contributed by atoms with E-state index in [-0.39, 0.29) is 0 Å². The van der Waals surface area contributed by atoms with Crippen molar-refractivity contribution in [1.29, 1.82) is 0 Å². The molecule has 0 aliphatic rings. The van der Waals surface area contributed by atoms with Gasteiger partial charge < -0.3 is 4.90 Å². The van der Waals surface area contributed by atoms with Gasteiger partial charge in [-0.2, -0.15) is 0 Å². The second kappa shape index (κ2) is 34.5. The molecule has 0 aliphatic heterocycles. The zero-order chi connectivity index (χ0) is 30.1. The van der Waals surface area contributed by atoms with Crippen molar-refractivity contribution in [3.8, 4) is 0 Å². The van der Waals surface area contributed by atoms with E-state index >= 15 is 0 Å². The summed E-state index contributed by atoms with van der Waals surface area (Å²) in [5.41, 5.74) is 0.